The summed E-state index contributed by atoms with van der Waals surface area (Å²) in [6.07, 6.45) is 0. The van der Waals surface area contributed by atoms with Crippen molar-refractivity contribution in [2.24, 2.45) is 0 Å². The summed E-state index contributed by atoms with van der Waals surface area (Å²) in [5, 5.41) is 0.815. The second kappa shape index (κ2) is 4.01. The van der Waals surface area contributed by atoms with E-state index in [1.807, 2.05) is 24.3 Å². The van der Waals surface area contributed by atoms with Crippen molar-refractivity contribution in [2.45, 2.75) is 6.04 Å². The van der Waals surface area contributed by atoms with Crippen LogP contribution in [0, 0.1) is 0 Å². The van der Waals surface area contributed by atoms with Crippen LogP contribution >= 0.6 is 22.7 Å². The Kier molecular flexibility index (Phi) is 3.26. The molecule has 0 aromatic heterocycles. The minimum atomic E-state index is 0.419. The molecule has 1 aromatic rings. The van der Waals surface area contributed by atoms with Crippen molar-refractivity contribution in [1.82, 2.24) is 0 Å². The zero-order valence-electron chi connectivity index (χ0n) is 5.27. The monoisotopic (exact) mass is 188 g/mol. The summed E-state index contributed by atoms with van der Waals surface area (Å²) in [6, 6.07) is 8.65. The third-order valence-electron chi connectivity index (χ3n) is 1.22. The van der Waals surface area contributed by atoms with Crippen LogP contribution in [0.25, 0.3) is 0 Å². The molecule has 0 saturated carbocycles. The molecule has 0 fully saturated rings. The SMILES string of the molecule is Cl[Si]Cc1ccccc1Cl. The normalized spacial score (nSPS) is 9.80. The molecule has 0 aliphatic carbocycles. The molecule has 0 nitrogen and oxygen atoms in total. The highest BCUT2D eigenvalue weighted by atomic mass is 35.6. The lowest BCUT2D eigenvalue weighted by atomic mass is 10.2. The maximum absolute atomic E-state index is 5.85. The Morgan fingerprint density at radius 2 is 2.00 bits per heavy atom. The zero-order chi connectivity index (χ0) is 7.40. The number of benzene rings is 1. The molecule has 52 valence electrons. The molecule has 0 aliphatic rings. The fourth-order valence-corrected chi connectivity index (χ4v) is 1.91. The summed E-state index contributed by atoms with van der Waals surface area (Å²) < 4.78 is 0. The van der Waals surface area contributed by atoms with Gasteiger partial charge in [-0.1, -0.05) is 29.8 Å². The van der Waals surface area contributed by atoms with Gasteiger partial charge in [-0.15, -0.1) is 0 Å². The molecular weight excluding hydrogens is 183 g/mol. The van der Waals surface area contributed by atoms with Gasteiger partial charge in [-0.3, -0.25) is 0 Å². The third-order valence-corrected chi connectivity index (χ3v) is 2.50. The van der Waals surface area contributed by atoms with Gasteiger partial charge in [-0.05, 0) is 17.7 Å². The Hall–Kier alpha value is 0.0169. The Balaban J connectivity index is 2.81. The second-order valence-electron chi connectivity index (χ2n) is 1.90. The van der Waals surface area contributed by atoms with Gasteiger partial charge in [0.05, 0.1) is 0 Å². The molecule has 0 N–H and O–H groups in total. The largest absolute Gasteiger partial charge is 0.176 e. The van der Waals surface area contributed by atoms with E-state index in [0.29, 0.717) is 8.83 Å². The van der Waals surface area contributed by atoms with E-state index in [4.69, 9.17) is 22.7 Å². The summed E-state index contributed by atoms with van der Waals surface area (Å²) in [4.78, 5) is 0. The van der Waals surface area contributed by atoms with Gasteiger partial charge >= 0.3 is 0 Å². The third kappa shape index (κ3) is 2.01. The van der Waals surface area contributed by atoms with E-state index in [-0.39, 0.29) is 0 Å². The van der Waals surface area contributed by atoms with Crippen molar-refractivity contribution in [3.63, 3.8) is 0 Å². The summed E-state index contributed by atoms with van der Waals surface area (Å²) >= 11 is 11.4. The van der Waals surface area contributed by atoms with Gasteiger partial charge in [0.25, 0.3) is 0 Å². The van der Waals surface area contributed by atoms with Crippen LogP contribution in [0.4, 0.5) is 0 Å². The number of hydrogen-bond acceptors (Lipinski definition) is 0. The molecule has 0 unspecified atom stereocenters. The first-order valence-electron chi connectivity index (χ1n) is 2.91. The maximum atomic E-state index is 5.85. The molecule has 0 bridgehead atoms. The van der Waals surface area contributed by atoms with Crippen LogP contribution < -0.4 is 0 Å². The fraction of sp³-hybridized carbons (Fsp3) is 0.143. The van der Waals surface area contributed by atoms with Crippen LogP contribution in [0.2, 0.25) is 5.02 Å². The van der Waals surface area contributed by atoms with E-state index in [1.54, 1.807) is 0 Å². The summed E-state index contributed by atoms with van der Waals surface area (Å²) in [7, 11) is 0.419. The van der Waals surface area contributed by atoms with Gasteiger partial charge in [0.1, 0.15) is 0 Å². The molecule has 3 heteroatoms. The maximum Gasteiger partial charge on any atom is 0.176 e. The van der Waals surface area contributed by atoms with E-state index in [2.05, 4.69) is 0 Å². The summed E-state index contributed by atoms with van der Waals surface area (Å²) in [5.74, 6) is 0. The van der Waals surface area contributed by atoms with Crippen molar-refractivity contribution in [1.29, 1.82) is 0 Å². The molecule has 0 saturated heterocycles. The van der Waals surface area contributed by atoms with Crippen LogP contribution in [0.5, 0.6) is 0 Å². The van der Waals surface area contributed by atoms with E-state index < -0.39 is 0 Å². The molecule has 10 heavy (non-hydrogen) atoms. The van der Waals surface area contributed by atoms with Gasteiger partial charge in [-0.25, -0.2) is 0 Å². The Bertz CT molecular complexity index is 213. The van der Waals surface area contributed by atoms with Crippen LogP contribution in [0.1, 0.15) is 5.56 Å². The van der Waals surface area contributed by atoms with Gasteiger partial charge in [0, 0.05) is 5.02 Å². The smallest absolute Gasteiger partial charge is 0.171 e. The topological polar surface area (TPSA) is 0 Å². The predicted octanol–water partition coefficient (Wildman–Crippen LogP) is 2.70. The van der Waals surface area contributed by atoms with E-state index in [1.165, 1.54) is 0 Å². The molecular formula is C7H6Cl2Si. The highest BCUT2D eigenvalue weighted by Gasteiger charge is 1.96. The first-order valence-corrected chi connectivity index (χ1v) is 5.51. The highest BCUT2D eigenvalue weighted by Crippen LogP contribution is 2.14. The average Bonchev–Trinajstić information content (AvgIpc) is 1.94. The molecule has 0 atom stereocenters. The van der Waals surface area contributed by atoms with E-state index in [9.17, 15) is 0 Å². The van der Waals surface area contributed by atoms with Crippen LogP contribution in [-0.2, 0) is 6.04 Å². The van der Waals surface area contributed by atoms with E-state index in [0.717, 1.165) is 16.6 Å². The Labute approximate surface area is 72.7 Å². The van der Waals surface area contributed by atoms with Gasteiger partial charge < -0.3 is 0 Å². The Morgan fingerprint density at radius 3 is 2.60 bits per heavy atom. The second-order valence-corrected chi connectivity index (χ2v) is 3.73. The summed E-state index contributed by atoms with van der Waals surface area (Å²) in [5.41, 5.74) is 1.14. The van der Waals surface area contributed by atoms with Crippen molar-refractivity contribution in [3.05, 3.63) is 34.9 Å². The van der Waals surface area contributed by atoms with Crippen molar-refractivity contribution in [2.75, 3.05) is 0 Å². The predicted molar refractivity (Wildman–Crippen MR) is 46.8 cm³/mol. The highest BCUT2D eigenvalue weighted by molar-refractivity contribution is 6.93. The van der Waals surface area contributed by atoms with Crippen molar-refractivity contribution in [3.8, 4) is 0 Å². The minimum Gasteiger partial charge on any atom is -0.171 e. The van der Waals surface area contributed by atoms with Crippen LogP contribution in [0.15, 0.2) is 24.3 Å². The van der Waals surface area contributed by atoms with Gasteiger partial charge in [-0.2, -0.15) is 11.1 Å². The lowest BCUT2D eigenvalue weighted by Gasteiger charge is -1.97. The molecule has 2 radical (unpaired) electrons. The molecule has 1 rings (SSSR count). The number of halogens is 2. The van der Waals surface area contributed by atoms with Gasteiger partial charge in [0.2, 0.25) is 0 Å². The lowest BCUT2D eigenvalue weighted by Crippen LogP contribution is -1.88. The van der Waals surface area contributed by atoms with Crippen molar-refractivity contribution < 1.29 is 0 Å². The van der Waals surface area contributed by atoms with E-state index >= 15 is 0 Å². The van der Waals surface area contributed by atoms with Crippen LogP contribution in [-0.4, -0.2) is 8.83 Å². The fourth-order valence-electron chi connectivity index (χ4n) is 0.714. The first-order chi connectivity index (χ1) is 4.84. The standard InChI is InChI=1S/C7H6Cl2Si/c8-7-4-2-1-3-6(7)5-10-9/h1-4H,5H2. The zero-order valence-corrected chi connectivity index (χ0v) is 7.78. The summed E-state index contributed by atoms with van der Waals surface area (Å²) in [6.45, 7) is 0. The quantitative estimate of drug-likeness (QED) is 0.495. The van der Waals surface area contributed by atoms with Gasteiger partial charge in [0.15, 0.2) is 8.83 Å². The number of hydrogen-bond donors (Lipinski definition) is 0. The number of rotatable bonds is 2. The lowest BCUT2D eigenvalue weighted by molar-refractivity contribution is 1.40. The molecule has 0 heterocycles. The van der Waals surface area contributed by atoms with Crippen LogP contribution in [0.3, 0.4) is 0 Å². The molecule has 0 amide bonds. The minimum absolute atomic E-state index is 0.419. The molecule has 0 aliphatic heterocycles. The average molecular weight is 189 g/mol. The van der Waals surface area contributed by atoms with Crippen molar-refractivity contribution >= 4 is 31.5 Å². The molecule has 0 spiro atoms. The first kappa shape index (κ1) is 8.12. The molecule has 1 aromatic carbocycles. The Morgan fingerprint density at radius 1 is 1.30 bits per heavy atom.